The molecule has 0 aromatic heterocycles. The van der Waals surface area contributed by atoms with Gasteiger partial charge in [-0.2, -0.15) is 0 Å². The molecule has 4 bridgehead atoms. The Hall–Kier alpha value is -0.340. The van der Waals surface area contributed by atoms with Crippen LogP contribution in [0.2, 0.25) is 0 Å². The first-order valence-electron chi connectivity index (χ1n) is 6.31. The van der Waals surface area contributed by atoms with Crippen molar-refractivity contribution in [2.75, 3.05) is 6.54 Å². The number of piperidine rings is 3. The Kier molecular flexibility index (Phi) is 1.76. The summed E-state index contributed by atoms with van der Waals surface area (Å²) < 4.78 is 1.39. The molecule has 0 spiro atoms. The van der Waals surface area contributed by atoms with Gasteiger partial charge in [-0.3, -0.25) is 0 Å². The van der Waals surface area contributed by atoms with Crippen LogP contribution in [-0.2, 0) is 0 Å². The molecule has 1 aliphatic carbocycles. The van der Waals surface area contributed by atoms with E-state index in [1.807, 2.05) is 0 Å². The molecule has 84 valence electrons. The van der Waals surface area contributed by atoms with E-state index in [1.165, 1.54) is 23.0 Å². The molecule has 0 amide bonds. The van der Waals surface area contributed by atoms with Gasteiger partial charge in [0, 0.05) is 17.9 Å². The van der Waals surface area contributed by atoms with Gasteiger partial charge in [0.15, 0.2) is 6.04 Å². The van der Waals surface area contributed by atoms with Crippen molar-refractivity contribution in [1.82, 2.24) is 0 Å². The topological polar surface area (TPSA) is 0 Å². The van der Waals surface area contributed by atoms with Crippen LogP contribution in [0, 0.1) is 5.92 Å². The summed E-state index contributed by atoms with van der Waals surface area (Å²) in [5.74, 6) is 0.959. The van der Waals surface area contributed by atoms with Crippen molar-refractivity contribution < 1.29 is 4.48 Å². The summed E-state index contributed by atoms with van der Waals surface area (Å²) in [6, 6.07) is 13.7. The van der Waals surface area contributed by atoms with Gasteiger partial charge in [-0.05, 0) is 6.92 Å². The lowest BCUT2D eigenvalue weighted by molar-refractivity contribution is -0.841. The first kappa shape index (κ1) is 9.67. The predicted octanol–water partition coefficient (Wildman–Crippen LogP) is 3.11. The number of hydrogen-bond donors (Lipinski definition) is 0. The number of alkyl halides is 1. The zero-order chi connectivity index (χ0) is 10.9. The molecule has 1 aromatic rings. The van der Waals surface area contributed by atoms with E-state index in [1.54, 1.807) is 0 Å². The van der Waals surface area contributed by atoms with Crippen molar-refractivity contribution >= 4 is 15.9 Å². The first-order valence-corrected chi connectivity index (χ1v) is 7.23. The lowest BCUT2D eigenvalue weighted by Crippen LogP contribution is -2.29. The minimum absolute atomic E-state index is 0.698. The van der Waals surface area contributed by atoms with E-state index in [4.69, 9.17) is 0 Å². The Balaban J connectivity index is 1.70. The fourth-order valence-corrected chi connectivity index (χ4v) is 5.76. The lowest BCUT2D eigenvalue weighted by Gasteiger charge is -2.24. The summed E-state index contributed by atoms with van der Waals surface area (Å²) in [4.78, 5) is 0.809. The molecule has 6 atom stereocenters. The standard InChI is InChI=1S/C14H17BrN/c1-9(10-5-3-2-4-6-10)16-8-11-7-12(16)14(16)13(11)15/h2-6,9,11-14H,7-8H2,1H3/q+1. The maximum Gasteiger partial charge on any atom is 0.155 e. The molecule has 0 radical (unpaired) electrons. The fourth-order valence-electron chi connectivity index (χ4n) is 4.59. The highest BCUT2D eigenvalue weighted by atomic mass is 79.9. The molecular formula is C14H17BrN+. The molecule has 1 aromatic carbocycles. The van der Waals surface area contributed by atoms with E-state index in [-0.39, 0.29) is 0 Å². The second-order valence-corrected chi connectivity index (χ2v) is 6.82. The van der Waals surface area contributed by atoms with Gasteiger partial charge in [-0.25, -0.2) is 0 Å². The van der Waals surface area contributed by atoms with Crippen LogP contribution in [0.5, 0.6) is 0 Å². The Morgan fingerprint density at radius 1 is 1.31 bits per heavy atom. The van der Waals surface area contributed by atoms with E-state index in [0.717, 1.165) is 22.8 Å². The van der Waals surface area contributed by atoms with Crippen molar-refractivity contribution in [1.29, 1.82) is 0 Å². The SMILES string of the molecule is CC(c1ccccc1)[N+]12CC3CC1C2C3Br. The Morgan fingerprint density at radius 3 is 2.56 bits per heavy atom. The van der Waals surface area contributed by atoms with E-state index >= 15 is 0 Å². The molecule has 6 unspecified atom stereocenters. The zero-order valence-electron chi connectivity index (χ0n) is 9.51. The van der Waals surface area contributed by atoms with Crippen LogP contribution in [-0.4, -0.2) is 27.9 Å². The van der Waals surface area contributed by atoms with E-state index in [2.05, 4.69) is 53.2 Å². The summed E-state index contributed by atoms with van der Waals surface area (Å²) in [5.41, 5.74) is 1.53. The second-order valence-electron chi connectivity index (χ2n) is 5.76. The third-order valence-corrected chi connectivity index (χ3v) is 6.64. The van der Waals surface area contributed by atoms with Crippen LogP contribution in [0.25, 0.3) is 0 Å². The summed E-state index contributed by atoms with van der Waals surface area (Å²) in [6.07, 6.45) is 1.47. The second kappa shape index (κ2) is 2.91. The molecular weight excluding hydrogens is 262 g/mol. The smallest absolute Gasteiger partial charge is 0.155 e. The monoisotopic (exact) mass is 278 g/mol. The van der Waals surface area contributed by atoms with Crippen molar-refractivity contribution in [3.8, 4) is 0 Å². The first-order chi connectivity index (χ1) is 7.75. The maximum atomic E-state index is 3.91. The summed E-state index contributed by atoms with van der Waals surface area (Å²) in [7, 11) is 0. The third-order valence-electron chi connectivity index (χ3n) is 5.35. The highest BCUT2D eigenvalue weighted by molar-refractivity contribution is 9.09. The van der Waals surface area contributed by atoms with E-state index in [9.17, 15) is 0 Å². The van der Waals surface area contributed by atoms with Gasteiger partial charge in [-0.1, -0.05) is 46.3 Å². The van der Waals surface area contributed by atoms with Gasteiger partial charge in [0.25, 0.3) is 0 Å². The van der Waals surface area contributed by atoms with E-state index in [0.29, 0.717) is 6.04 Å². The van der Waals surface area contributed by atoms with Crippen LogP contribution in [0.15, 0.2) is 30.3 Å². The molecule has 4 aliphatic rings. The normalized spacial score (nSPS) is 49.4. The molecule has 1 saturated carbocycles. The molecule has 1 nitrogen and oxygen atoms in total. The number of nitrogens with zero attached hydrogens (tertiary/aromatic N) is 1. The Morgan fingerprint density at radius 2 is 2.06 bits per heavy atom. The highest BCUT2D eigenvalue weighted by Gasteiger charge is 2.82. The maximum absolute atomic E-state index is 3.91. The van der Waals surface area contributed by atoms with Crippen LogP contribution in [0.3, 0.4) is 0 Å². The van der Waals surface area contributed by atoms with Gasteiger partial charge in [-0.15, -0.1) is 0 Å². The third kappa shape index (κ3) is 0.925. The van der Waals surface area contributed by atoms with Gasteiger partial charge >= 0.3 is 0 Å². The van der Waals surface area contributed by atoms with Crippen molar-refractivity contribution in [2.45, 2.75) is 36.3 Å². The summed E-state index contributed by atoms with van der Waals surface area (Å²) in [5, 5.41) is 0. The Labute approximate surface area is 105 Å². The molecule has 3 heterocycles. The number of quaternary nitrogens is 1. The van der Waals surface area contributed by atoms with Gasteiger partial charge in [0.05, 0.1) is 11.4 Å². The number of rotatable bonds is 2. The van der Waals surface area contributed by atoms with Crippen LogP contribution < -0.4 is 0 Å². The quantitative estimate of drug-likeness (QED) is 0.443. The molecule has 0 N–H and O–H groups in total. The molecule has 4 fully saturated rings. The largest absolute Gasteiger partial charge is 0.302 e. The molecule has 5 rings (SSSR count). The number of benzene rings is 1. The highest BCUT2D eigenvalue weighted by Crippen LogP contribution is 2.67. The molecule has 16 heavy (non-hydrogen) atoms. The van der Waals surface area contributed by atoms with E-state index < -0.39 is 0 Å². The number of halogens is 1. The van der Waals surface area contributed by atoms with Crippen LogP contribution >= 0.6 is 15.9 Å². The average molecular weight is 279 g/mol. The fraction of sp³-hybridized carbons (Fsp3) is 0.571. The van der Waals surface area contributed by atoms with Crippen LogP contribution in [0.1, 0.15) is 24.9 Å². The zero-order valence-corrected chi connectivity index (χ0v) is 11.1. The van der Waals surface area contributed by atoms with Crippen molar-refractivity contribution in [3.05, 3.63) is 35.9 Å². The van der Waals surface area contributed by atoms with Crippen LogP contribution in [0.4, 0.5) is 0 Å². The average Bonchev–Trinajstić information content (AvgIpc) is 2.66. The minimum Gasteiger partial charge on any atom is -0.302 e. The van der Waals surface area contributed by atoms with Gasteiger partial charge < -0.3 is 4.48 Å². The summed E-state index contributed by atoms with van der Waals surface area (Å²) in [6.45, 7) is 3.84. The molecule has 3 saturated heterocycles. The van der Waals surface area contributed by atoms with Crippen molar-refractivity contribution in [3.63, 3.8) is 0 Å². The van der Waals surface area contributed by atoms with Crippen molar-refractivity contribution in [2.24, 2.45) is 5.92 Å². The lowest BCUT2D eigenvalue weighted by atomic mass is 10.1. The van der Waals surface area contributed by atoms with Gasteiger partial charge in [0.2, 0.25) is 0 Å². The number of hydrogen-bond acceptors (Lipinski definition) is 0. The van der Waals surface area contributed by atoms with Gasteiger partial charge in [0.1, 0.15) is 12.1 Å². The summed E-state index contributed by atoms with van der Waals surface area (Å²) >= 11 is 3.91. The molecule has 3 aliphatic heterocycles. The minimum atomic E-state index is 0.698. The predicted molar refractivity (Wildman–Crippen MR) is 68.4 cm³/mol. The molecule has 2 heteroatoms. The Bertz CT molecular complexity index is 432.